The van der Waals surface area contributed by atoms with Crippen LogP contribution in [0.3, 0.4) is 0 Å². The zero-order valence-corrected chi connectivity index (χ0v) is 31.6. The molecule has 2 aliphatic rings. The summed E-state index contributed by atoms with van der Waals surface area (Å²) in [5, 5.41) is 10.9. The van der Waals surface area contributed by atoms with Crippen molar-refractivity contribution in [2.75, 3.05) is 0 Å². The zero-order chi connectivity index (χ0) is 38.3. The van der Waals surface area contributed by atoms with Crippen molar-refractivity contribution in [3.8, 4) is 11.1 Å². The molecule has 12 rings (SSSR count). The number of fused-ring (bicyclic) bond motifs is 9. The van der Waals surface area contributed by atoms with Crippen LogP contribution in [0.25, 0.3) is 88.6 Å². The lowest BCUT2D eigenvalue weighted by molar-refractivity contribution is 0.518. The average Bonchev–Trinajstić information content (AvgIpc) is 3.96. The van der Waals surface area contributed by atoms with Crippen LogP contribution in [0, 0.1) is 5.92 Å². The Morgan fingerprint density at radius 3 is 1.91 bits per heavy atom. The monoisotopic (exact) mass is 747 g/mol. The third-order valence-corrected chi connectivity index (χ3v) is 11.9. The summed E-state index contributed by atoms with van der Waals surface area (Å²) in [5.74, 6) is 1.28. The van der Waals surface area contributed by atoms with Gasteiger partial charge < -0.3 is 18.6 Å². The molecule has 0 spiro atoms. The number of aliphatic imine (C=N–C) groups is 1. The standard InChI is InChI=1S/C53H35N2O3/c1-31-23-51-44(40-15-7-10-18-49(40)57-51)29-42(31)36-24-35(33-20-22-50-43(27-33)39-14-6-9-17-48(39)56-50)25-37(26-36)46-30-45(54-53(55-46)32-11-3-2-4-12-32)34-19-21-41-38-13-5-8-16-47(38)58-52(41)28-34/h2-22,24-31,53H,23H2,1H3/q-1. The lowest BCUT2D eigenvalue weighted by Gasteiger charge is -2.38. The molecule has 0 bridgehead atoms. The van der Waals surface area contributed by atoms with Crippen molar-refractivity contribution in [1.29, 1.82) is 0 Å². The molecule has 2 unspecified atom stereocenters. The van der Waals surface area contributed by atoms with Crippen molar-refractivity contribution in [2.45, 2.75) is 19.5 Å². The van der Waals surface area contributed by atoms with E-state index in [4.69, 9.17) is 23.6 Å². The van der Waals surface area contributed by atoms with E-state index in [0.29, 0.717) is 0 Å². The van der Waals surface area contributed by atoms with Crippen LogP contribution < -0.4 is 0 Å². The first-order valence-electron chi connectivity index (χ1n) is 19.9. The first-order valence-corrected chi connectivity index (χ1v) is 19.9. The predicted octanol–water partition coefficient (Wildman–Crippen LogP) is 14.5. The summed E-state index contributed by atoms with van der Waals surface area (Å²) in [7, 11) is 0. The molecule has 5 nitrogen and oxygen atoms in total. The maximum Gasteiger partial charge on any atom is 0.136 e. The molecule has 276 valence electrons. The minimum atomic E-state index is -0.420. The van der Waals surface area contributed by atoms with E-state index in [1.54, 1.807) is 0 Å². The molecule has 0 saturated heterocycles. The summed E-state index contributed by atoms with van der Waals surface area (Å²) in [6, 6.07) is 55.0. The summed E-state index contributed by atoms with van der Waals surface area (Å²) < 4.78 is 19.0. The van der Waals surface area contributed by atoms with Gasteiger partial charge in [-0.3, -0.25) is 4.99 Å². The topological polar surface area (TPSA) is 65.9 Å². The predicted molar refractivity (Wildman–Crippen MR) is 237 cm³/mol. The van der Waals surface area contributed by atoms with Gasteiger partial charge in [0.25, 0.3) is 0 Å². The number of nitrogens with zero attached hydrogens (tertiary/aromatic N) is 2. The maximum atomic E-state index is 6.38. The molecule has 58 heavy (non-hydrogen) atoms. The fourth-order valence-electron chi connectivity index (χ4n) is 8.97. The van der Waals surface area contributed by atoms with E-state index in [2.05, 4.69) is 140 Å². The van der Waals surface area contributed by atoms with Gasteiger partial charge in [-0.2, -0.15) is 0 Å². The van der Waals surface area contributed by atoms with Crippen molar-refractivity contribution in [2.24, 2.45) is 10.9 Å². The first-order chi connectivity index (χ1) is 28.6. The van der Waals surface area contributed by atoms with Gasteiger partial charge >= 0.3 is 0 Å². The van der Waals surface area contributed by atoms with Crippen LogP contribution in [0.4, 0.5) is 0 Å². The molecular formula is C53H35N2O3-. The van der Waals surface area contributed by atoms with E-state index in [1.165, 1.54) is 11.1 Å². The lowest BCUT2D eigenvalue weighted by atomic mass is 9.82. The van der Waals surface area contributed by atoms with Gasteiger partial charge in [-0.1, -0.05) is 110 Å². The largest absolute Gasteiger partial charge is 0.659 e. The Morgan fingerprint density at radius 2 is 1.10 bits per heavy atom. The van der Waals surface area contributed by atoms with E-state index >= 15 is 0 Å². The smallest absolute Gasteiger partial charge is 0.136 e. The van der Waals surface area contributed by atoms with E-state index in [-0.39, 0.29) is 5.92 Å². The van der Waals surface area contributed by atoms with Crippen molar-refractivity contribution in [3.05, 3.63) is 203 Å². The number of para-hydroxylation sites is 3. The highest BCUT2D eigenvalue weighted by Gasteiger charge is 2.25. The van der Waals surface area contributed by atoms with Crippen LogP contribution in [0.2, 0.25) is 0 Å². The van der Waals surface area contributed by atoms with Crippen molar-refractivity contribution in [1.82, 2.24) is 0 Å². The minimum Gasteiger partial charge on any atom is -0.659 e. The van der Waals surface area contributed by atoms with Gasteiger partial charge in [0, 0.05) is 50.6 Å². The average molecular weight is 748 g/mol. The third kappa shape index (κ3) is 5.35. The van der Waals surface area contributed by atoms with Gasteiger partial charge in [-0.05, 0) is 106 Å². The molecule has 7 aromatic carbocycles. The molecule has 0 radical (unpaired) electrons. The Morgan fingerprint density at radius 1 is 0.483 bits per heavy atom. The highest BCUT2D eigenvalue weighted by Crippen LogP contribution is 2.44. The van der Waals surface area contributed by atoms with Gasteiger partial charge in [0.15, 0.2) is 0 Å². The van der Waals surface area contributed by atoms with Crippen molar-refractivity contribution >= 4 is 77.9 Å². The second-order valence-corrected chi connectivity index (χ2v) is 15.5. The van der Waals surface area contributed by atoms with Crippen molar-refractivity contribution < 1.29 is 13.3 Å². The van der Waals surface area contributed by atoms with Gasteiger partial charge in [0.05, 0.1) is 5.71 Å². The zero-order valence-electron chi connectivity index (χ0n) is 31.6. The molecule has 0 fully saturated rings. The minimum absolute atomic E-state index is 0.235. The number of hydrogen-bond donors (Lipinski definition) is 0. The van der Waals surface area contributed by atoms with Crippen LogP contribution in [-0.2, 0) is 6.42 Å². The summed E-state index contributed by atoms with van der Waals surface area (Å²) in [5.41, 5.74) is 15.0. The second-order valence-electron chi connectivity index (χ2n) is 15.5. The van der Waals surface area contributed by atoms with E-state index < -0.39 is 6.17 Å². The third-order valence-electron chi connectivity index (χ3n) is 11.9. The Balaban J connectivity index is 1.05. The Labute approximate surface area is 334 Å². The SMILES string of the molecule is CC1Cc2oc3ccccc3c2C=C1c1cc(C2=CC(c3ccc4c(c3)oc3ccccc34)=NC(c3ccccc3)[N-]2)cc(-c2ccc3oc4ccccc4c3c2)c1. The summed E-state index contributed by atoms with van der Waals surface area (Å²) in [4.78, 5) is 5.27. The van der Waals surface area contributed by atoms with Crippen LogP contribution in [0.5, 0.6) is 0 Å². The normalized spacial score (nSPS) is 16.7. The van der Waals surface area contributed by atoms with Crippen LogP contribution in [-0.4, -0.2) is 5.71 Å². The molecule has 0 saturated carbocycles. The van der Waals surface area contributed by atoms with Gasteiger partial charge in [-0.25, -0.2) is 0 Å². The number of benzene rings is 7. The fourth-order valence-corrected chi connectivity index (χ4v) is 8.97. The van der Waals surface area contributed by atoms with Gasteiger partial charge in [0.2, 0.25) is 0 Å². The van der Waals surface area contributed by atoms with Crippen LogP contribution in [0.1, 0.15) is 46.7 Å². The van der Waals surface area contributed by atoms with E-state index in [9.17, 15) is 0 Å². The number of allylic oxidation sites excluding steroid dienone is 2. The quantitative estimate of drug-likeness (QED) is 0.176. The molecule has 3 aromatic heterocycles. The first kappa shape index (κ1) is 32.8. The van der Waals surface area contributed by atoms with Crippen LogP contribution in [0.15, 0.2) is 182 Å². The van der Waals surface area contributed by atoms with Crippen LogP contribution >= 0.6 is 0 Å². The molecule has 5 heteroatoms. The summed E-state index contributed by atoms with van der Waals surface area (Å²) >= 11 is 0. The Bertz CT molecular complexity index is 3370. The molecule has 1 aliphatic heterocycles. The van der Waals surface area contributed by atoms with E-state index in [0.717, 1.165) is 112 Å². The molecule has 0 amide bonds. The molecular weight excluding hydrogens is 713 g/mol. The summed E-state index contributed by atoms with van der Waals surface area (Å²) in [6.07, 6.45) is 4.89. The number of hydrogen-bond acceptors (Lipinski definition) is 4. The lowest BCUT2D eigenvalue weighted by Crippen LogP contribution is -2.10. The molecule has 0 N–H and O–H groups in total. The molecule has 1 aliphatic carbocycles. The van der Waals surface area contributed by atoms with Crippen molar-refractivity contribution in [3.63, 3.8) is 0 Å². The number of furan rings is 3. The van der Waals surface area contributed by atoms with Gasteiger partial charge in [0.1, 0.15) is 33.7 Å². The Hall–Kier alpha value is -7.37. The molecule has 4 heterocycles. The summed E-state index contributed by atoms with van der Waals surface area (Å²) in [6.45, 7) is 2.30. The highest BCUT2D eigenvalue weighted by atomic mass is 16.3. The van der Waals surface area contributed by atoms with E-state index in [1.807, 2.05) is 36.4 Å². The molecule has 2 atom stereocenters. The number of rotatable bonds is 5. The second kappa shape index (κ2) is 12.8. The highest BCUT2D eigenvalue weighted by molar-refractivity contribution is 6.17. The maximum absolute atomic E-state index is 6.38. The Kier molecular flexibility index (Phi) is 7.27. The fraction of sp³-hybridized carbons (Fsp3) is 0.0755. The van der Waals surface area contributed by atoms with Gasteiger partial charge in [-0.15, -0.1) is 5.70 Å². The molecule has 10 aromatic rings.